The number of ether oxygens (including phenoxy) is 2. The van der Waals surface area contributed by atoms with Crippen LogP contribution in [0.1, 0.15) is 19.4 Å². The van der Waals surface area contributed by atoms with Crippen molar-refractivity contribution in [2.24, 2.45) is 0 Å². The van der Waals surface area contributed by atoms with Crippen LogP contribution in [0, 0.1) is 0 Å². The summed E-state index contributed by atoms with van der Waals surface area (Å²) in [5.41, 5.74) is 2.94. The van der Waals surface area contributed by atoms with Gasteiger partial charge in [-0.2, -0.15) is 0 Å². The summed E-state index contributed by atoms with van der Waals surface area (Å²) in [6.07, 6.45) is -3.23. The fraction of sp³-hybridized carbons (Fsp3) is 0.346. The number of hydrogen-bond donors (Lipinski definition) is 1. The molecule has 4 rings (SSSR count). The third-order valence-corrected chi connectivity index (χ3v) is 5.79. The summed E-state index contributed by atoms with van der Waals surface area (Å²) in [5, 5.41) is 2.74. The molecule has 0 saturated carbocycles. The van der Waals surface area contributed by atoms with Crippen molar-refractivity contribution in [3.63, 3.8) is 0 Å². The molecule has 2 amide bonds. The summed E-state index contributed by atoms with van der Waals surface area (Å²) < 4.78 is 46.4. The number of morpholine rings is 1. The van der Waals surface area contributed by atoms with Gasteiger partial charge in [0, 0.05) is 43.0 Å². The van der Waals surface area contributed by atoms with Gasteiger partial charge in [-0.25, -0.2) is 14.8 Å². The maximum Gasteiger partial charge on any atom is 0.573 e. The number of rotatable bonds is 7. The van der Waals surface area contributed by atoms with Gasteiger partial charge in [-0.05, 0) is 49.7 Å². The van der Waals surface area contributed by atoms with Crippen molar-refractivity contribution in [1.82, 2.24) is 14.9 Å². The highest BCUT2D eigenvalue weighted by Gasteiger charge is 2.31. The highest BCUT2D eigenvalue weighted by Crippen LogP contribution is 2.25. The van der Waals surface area contributed by atoms with Crippen LogP contribution in [0.25, 0.3) is 11.3 Å². The second kappa shape index (κ2) is 11.5. The zero-order chi connectivity index (χ0) is 26.4. The first-order valence-electron chi connectivity index (χ1n) is 11.9. The minimum Gasteiger partial charge on any atom is -0.406 e. The number of alkyl halides is 3. The van der Waals surface area contributed by atoms with E-state index in [9.17, 15) is 18.0 Å². The predicted octanol–water partition coefficient (Wildman–Crippen LogP) is 5.32. The number of amides is 2. The number of nitrogens with one attached hydrogen (secondary N) is 1. The van der Waals surface area contributed by atoms with Crippen molar-refractivity contribution in [3.8, 4) is 17.0 Å². The van der Waals surface area contributed by atoms with Crippen LogP contribution in [0.2, 0.25) is 0 Å². The predicted molar refractivity (Wildman–Crippen MR) is 133 cm³/mol. The lowest BCUT2D eigenvalue weighted by Gasteiger charge is -2.28. The molecule has 3 aromatic rings. The molecule has 0 spiro atoms. The summed E-state index contributed by atoms with van der Waals surface area (Å²) in [5.74, 6) is 0.484. The van der Waals surface area contributed by atoms with Crippen LogP contribution in [-0.2, 0) is 11.3 Å². The van der Waals surface area contributed by atoms with E-state index in [1.54, 1.807) is 11.2 Å². The smallest absolute Gasteiger partial charge is 0.406 e. The van der Waals surface area contributed by atoms with Crippen LogP contribution in [0.5, 0.6) is 5.75 Å². The van der Waals surface area contributed by atoms with E-state index in [0.717, 1.165) is 47.9 Å². The molecular formula is C26H28F3N5O3. The molecule has 1 aromatic heterocycles. The Morgan fingerprint density at radius 2 is 1.84 bits per heavy atom. The molecule has 0 atom stereocenters. The maximum atomic E-state index is 13.0. The van der Waals surface area contributed by atoms with Crippen molar-refractivity contribution in [3.05, 3.63) is 66.5 Å². The Morgan fingerprint density at radius 3 is 2.51 bits per heavy atom. The Kier molecular flexibility index (Phi) is 8.12. The Bertz CT molecular complexity index is 1200. The number of nitrogens with zero attached hydrogens (tertiary/aromatic N) is 4. The normalized spacial score (nSPS) is 13.9. The second-order valence-corrected chi connectivity index (χ2v) is 8.79. The molecule has 8 nitrogen and oxygen atoms in total. The first-order valence-corrected chi connectivity index (χ1v) is 11.9. The van der Waals surface area contributed by atoms with Gasteiger partial charge in [0.1, 0.15) is 17.9 Å². The van der Waals surface area contributed by atoms with Crippen molar-refractivity contribution < 1.29 is 27.4 Å². The minimum atomic E-state index is -4.77. The summed E-state index contributed by atoms with van der Waals surface area (Å²) in [6, 6.07) is 14.2. The van der Waals surface area contributed by atoms with Crippen molar-refractivity contribution in [2.45, 2.75) is 32.8 Å². The highest BCUT2D eigenvalue weighted by molar-refractivity contribution is 5.89. The van der Waals surface area contributed by atoms with Crippen LogP contribution in [0.3, 0.4) is 0 Å². The third-order valence-electron chi connectivity index (χ3n) is 5.79. The van der Waals surface area contributed by atoms with E-state index in [4.69, 9.17) is 4.74 Å². The molecule has 1 saturated heterocycles. The largest absolute Gasteiger partial charge is 0.573 e. The fourth-order valence-electron chi connectivity index (χ4n) is 3.92. The molecule has 1 aliphatic heterocycles. The van der Waals surface area contributed by atoms with Gasteiger partial charge in [-0.3, -0.25) is 0 Å². The van der Waals surface area contributed by atoms with E-state index in [-0.39, 0.29) is 17.8 Å². The number of carbonyl (C=O) groups is 1. The second-order valence-electron chi connectivity index (χ2n) is 8.79. The van der Waals surface area contributed by atoms with Gasteiger partial charge in [0.2, 0.25) is 0 Å². The minimum absolute atomic E-state index is 0.136. The van der Waals surface area contributed by atoms with Gasteiger partial charge in [0.15, 0.2) is 0 Å². The number of aromatic nitrogens is 2. The average Bonchev–Trinajstić information content (AvgIpc) is 2.88. The molecule has 0 unspecified atom stereocenters. The van der Waals surface area contributed by atoms with Crippen LogP contribution >= 0.6 is 0 Å². The first kappa shape index (κ1) is 26.2. The molecule has 2 heterocycles. The van der Waals surface area contributed by atoms with Crippen molar-refractivity contribution in [2.75, 3.05) is 36.5 Å². The van der Waals surface area contributed by atoms with Gasteiger partial charge in [0.25, 0.3) is 0 Å². The SMILES string of the molecule is CC(C)N(Cc1cccc(-c2cc(N3CCOCC3)ncn2)c1)C(=O)Nc1ccc(OC(F)(F)F)cc1. The third kappa shape index (κ3) is 7.32. The molecule has 11 heteroatoms. The Morgan fingerprint density at radius 1 is 1.11 bits per heavy atom. The van der Waals surface area contributed by atoms with E-state index >= 15 is 0 Å². The van der Waals surface area contributed by atoms with Gasteiger partial charge in [-0.1, -0.05) is 18.2 Å². The lowest BCUT2D eigenvalue weighted by molar-refractivity contribution is -0.274. The van der Waals surface area contributed by atoms with E-state index in [0.29, 0.717) is 25.4 Å². The van der Waals surface area contributed by atoms with Crippen LogP contribution in [0.15, 0.2) is 60.9 Å². The zero-order valence-electron chi connectivity index (χ0n) is 20.5. The molecule has 0 aliphatic carbocycles. The number of benzene rings is 2. The topological polar surface area (TPSA) is 79.8 Å². The van der Waals surface area contributed by atoms with Gasteiger partial charge in [0.05, 0.1) is 18.9 Å². The average molecular weight is 516 g/mol. The van der Waals surface area contributed by atoms with Crippen molar-refractivity contribution in [1.29, 1.82) is 0 Å². The Balaban J connectivity index is 1.45. The van der Waals surface area contributed by atoms with Gasteiger partial charge >= 0.3 is 12.4 Å². The van der Waals surface area contributed by atoms with E-state index < -0.39 is 6.36 Å². The molecule has 0 bridgehead atoms. The van der Waals surface area contributed by atoms with Crippen LogP contribution < -0.4 is 15.0 Å². The molecular weight excluding hydrogens is 487 g/mol. The monoisotopic (exact) mass is 515 g/mol. The Labute approximate surface area is 213 Å². The fourth-order valence-corrected chi connectivity index (χ4v) is 3.92. The molecule has 1 N–H and O–H groups in total. The number of anilines is 2. The summed E-state index contributed by atoms with van der Waals surface area (Å²) in [7, 11) is 0. The number of halogens is 3. The number of hydrogen-bond acceptors (Lipinski definition) is 6. The summed E-state index contributed by atoms with van der Waals surface area (Å²) in [6.45, 7) is 6.97. The molecule has 1 aliphatic rings. The van der Waals surface area contributed by atoms with E-state index in [1.807, 2.05) is 44.2 Å². The van der Waals surface area contributed by atoms with E-state index in [2.05, 4.69) is 24.9 Å². The standard InChI is InChI=1S/C26H28F3N5O3/c1-18(2)34(25(35)32-21-6-8-22(9-7-21)37-26(27,28)29)16-19-4-3-5-20(14-19)23-15-24(31-17-30-23)33-10-12-36-13-11-33/h3-9,14-15,17-18H,10-13,16H2,1-2H3,(H,32,35). The quantitative estimate of drug-likeness (QED) is 0.459. The molecule has 0 radical (unpaired) electrons. The lowest BCUT2D eigenvalue weighted by Crippen LogP contribution is -2.39. The maximum absolute atomic E-state index is 13.0. The summed E-state index contributed by atoms with van der Waals surface area (Å²) in [4.78, 5) is 25.6. The molecule has 2 aromatic carbocycles. The zero-order valence-corrected chi connectivity index (χ0v) is 20.5. The first-order chi connectivity index (χ1) is 17.7. The Hall–Kier alpha value is -3.86. The van der Waals surface area contributed by atoms with Crippen molar-refractivity contribution >= 4 is 17.5 Å². The molecule has 196 valence electrons. The molecule has 37 heavy (non-hydrogen) atoms. The van der Waals surface area contributed by atoms with Crippen LogP contribution in [0.4, 0.5) is 29.5 Å². The van der Waals surface area contributed by atoms with Gasteiger partial charge in [-0.15, -0.1) is 13.2 Å². The highest BCUT2D eigenvalue weighted by atomic mass is 19.4. The summed E-state index contributed by atoms with van der Waals surface area (Å²) >= 11 is 0. The lowest BCUT2D eigenvalue weighted by atomic mass is 10.1. The van der Waals surface area contributed by atoms with Gasteiger partial charge < -0.3 is 24.6 Å². The number of urea groups is 1. The van der Waals surface area contributed by atoms with E-state index in [1.165, 1.54) is 12.1 Å². The molecule has 1 fully saturated rings. The van der Waals surface area contributed by atoms with Crippen LogP contribution in [-0.4, -0.2) is 59.6 Å². The number of carbonyl (C=O) groups excluding carboxylic acids is 1.